The number of halogens is 1. The second-order valence-corrected chi connectivity index (χ2v) is 8.36. The van der Waals surface area contributed by atoms with E-state index in [0.29, 0.717) is 29.1 Å². The molecule has 0 unspecified atom stereocenters. The number of aliphatic hydroxyl groups excluding tert-OH is 1. The van der Waals surface area contributed by atoms with Gasteiger partial charge in [0.2, 0.25) is 5.95 Å². The summed E-state index contributed by atoms with van der Waals surface area (Å²) in [7, 11) is 1.53. The van der Waals surface area contributed by atoms with Crippen LogP contribution in [0.5, 0.6) is 5.75 Å². The molecule has 1 aromatic carbocycles. The molecule has 0 aliphatic carbocycles. The highest BCUT2D eigenvalue weighted by atomic mass is 35.5. The Morgan fingerprint density at radius 1 is 1.31 bits per heavy atom. The number of benzene rings is 1. The number of anilines is 2. The number of aliphatic hydroxyl groups is 1. The number of carbonyl (C=O) groups excluding carboxylic acids is 1. The molecular formula is C23H26ClN7O4. The van der Waals surface area contributed by atoms with Crippen LogP contribution >= 0.6 is 11.6 Å². The first kappa shape index (κ1) is 24.4. The van der Waals surface area contributed by atoms with Gasteiger partial charge in [-0.25, -0.2) is 9.97 Å². The van der Waals surface area contributed by atoms with Crippen molar-refractivity contribution in [3.05, 3.63) is 69.0 Å². The second-order valence-electron chi connectivity index (χ2n) is 7.96. The largest absolute Gasteiger partial charge is 0.495 e. The van der Waals surface area contributed by atoms with Crippen molar-refractivity contribution in [1.82, 2.24) is 25.3 Å². The Bertz CT molecular complexity index is 1240. The molecule has 1 amide bonds. The molecule has 0 bridgehead atoms. The Balaban J connectivity index is 1.62. The molecule has 4 rings (SSSR count). The Hall–Kier alpha value is -3.70. The maximum absolute atomic E-state index is 13.1. The van der Waals surface area contributed by atoms with Crippen molar-refractivity contribution in [3.63, 3.8) is 0 Å². The van der Waals surface area contributed by atoms with Crippen LogP contribution in [-0.4, -0.2) is 57.3 Å². The molecule has 11 nitrogen and oxygen atoms in total. The maximum atomic E-state index is 13.1. The van der Waals surface area contributed by atoms with Crippen molar-refractivity contribution in [1.29, 1.82) is 0 Å². The van der Waals surface area contributed by atoms with Crippen molar-refractivity contribution in [2.45, 2.75) is 32.0 Å². The van der Waals surface area contributed by atoms with Gasteiger partial charge in [-0.2, -0.15) is 4.98 Å². The predicted octanol–water partition coefficient (Wildman–Crippen LogP) is 1.73. The van der Waals surface area contributed by atoms with Crippen LogP contribution in [0.4, 0.5) is 11.8 Å². The van der Waals surface area contributed by atoms with E-state index < -0.39 is 11.5 Å². The van der Waals surface area contributed by atoms with Gasteiger partial charge in [0, 0.05) is 25.5 Å². The molecule has 0 spiro atoms. The quantitative estimate of drug-likeness (QED) is 0.345. The lowest BCUT2D eigenvalue weighted by atomic mass is 10.2. The first-order valence-corrected chi connectivity index (χ1v) is 11.5. The van der Waals surface area contributed by atoms with Gasteiger partial charge in [0.1, 0.15) is 23.0 Å². The Labute approximate surface area is 206 Å². The van der Waals surface area contributed by atoms with Gasteiger partial charge in [-0.05, 0) is 36.6 Å². The van der Waals surface area contributed by atoms with Crippen LogP contribution in [0.15, 0.2) is 41.5 Å². The van der Waals surface area contributed by atoms with Gasteiger partial charge in [0.25, 0.3) is 11.5 Å². The number of methoxy groups -OCH3 is 1. The van der Waals surface area contributed by atoms with E-state index in [4.69, 9.17) is 16.3 Å². The number of aromatic nitrogens is 4. The number of nitrogens with zero attached hydrogens (tertiary/aromatic N) is 4. The highest BCUT2D eigenvalue weighted by Crippen LogP contribution is 2.26. The molecule has 0 radical (unpaired) electrons. The van der Waals surface area contributed by atoms with Gasteiger partial charge < -0.3 is 25.4 Å². The minimum Gasteiger partial charge on any atom is -0.495 e. The monoisotopic (exact) mass is 499 g/mol. The van der Waals surface area contributed by atoms with Gasteiger partial charge in [-0.3, -0.25) is 14.6 Å². The highest BCUT2D eigenvalue weighted by molar-refractivity contribution is 6.32. The zero-order chi connectivity index (χ0) is 24.8. The van der Waals surface area contributed by atoms with E-state index in [1.807, 2.05) is 11.0 Å². The van der Waals surface area contributed by atoms with Crippen LogP contribution in [0.2, 0.25) is 5.02 Å². The molecule has 3 aromatic rings. The SMILES string of the molecule is COc1ccc(CNc2nc(N3CCC[C@H]3CO)[nH]c(=O)c2C(=O)NCc2ncccn2)cc1Cl. The third-order valence-corrected chi connectivity index (χ3v) is 5.99. The van der Waals surface area contributed by atoms with E-state index in [0.717, 1.165) is 18.4 Å². The Kier molecular flexibility index (Phi) is 7.78. The average molecular weight is 500 g/mol. The van der Waals surface area contributed by atoms with Crippen molar-refractivity contribution in [3.8, 4) is 5.75 Å². The molecular weight excluding hydrogens is 474 g/mol. The van der Waals surface area contributed by atoms with E-state index in [2.05, 4.69) is 30.6 Å². The van der Waals surface area contributed by atoms with Crippen molar-refractivity contribution < 1.29 is 14.6 Å². The summed E-state index contributed by atoms with van der Waals surface area (Å²) in [6, 6.07) is 6.81. The predicted molar refractivity (Wildman–Crippen MR) is 131 cm³/mol. The molecule has 35 heavy (non-hydrogen) atoms. The average Bonchev–Trinajstić information content (AvgIpc) is 3.35. The fraction of sp³-hybridized carbons (Fsp3) is 0.348. The number of H-pyrrole nitrogens is 1. The fourth-order valence-corrected chi connectivity index (χ4v) is 4.20. The molecule has 0 saturated carbocycles. The van der Waals surface area contributed by atoms with Crippen LogP contribution in [-0.2, 0) is 13.1 Å². The van der Waals surface area contributed by atoms with Crippen LogP contribution in [0.25, 0.3) is 0 Å². The molecule has 1 aliphatic rings. The summed E-state index contributed by atoms with van der Waals surface area (Å²) < 4.78 is 5.19. The van der Waals surface area contributed by atoms with E-state index in [1.165, 1.54) is 7.11 Å². The third kappa shape index (κ3) is 5.69. The number of nitrogens with one attached hydrogen (secondary N) is 3. The van der Waals surface area contributed by atoms with Crippen molar-refractivity contribution in [2.24, 2.45) is 0 Å². The van der Waals surface area contributed by atoms with Crippen molar-refractivity contribution in [2.75, 3.05) is 30.5 Å². The summed E-state index contributed by atoms with van der Waals surface area (Å²) in [6.07, 6.45) is 4.78. The maximum Gasteiger partial charge on any atom is 0.267 e. The molecule has 184 valence electrons. The van der Waals surface area contributed by atoms with Gasteiger partial charge in [0.15, 0.2) is 0 Å². The van der Waals surface area contributed by atoms with Crippen LogP contribution in [0, 0.1) is 0 Å². The Morgan fingerprint density at radius 3 is 2.83 bits per heavy atom. The number of amides is 1. The van der Waals surface area contributed by atoms with E-state index in [-0.39, 0.29) is 37.1 Å². The lowest BCUT2D eigenvalue weighted by Crippen LogP contribution is -2.37. The molecule has 1 saturated heterocycles. The first-order chi connectivity index (χ1) is 17.0. The topological polar surface area (TPSA) is 145 Å². The smallest absolute Gasteiger partial charge is 0.267 e. The summed E-state index contributed by atoms with van der Waals surface area (Å²) in [5, 5.41) is 15.9. The number of hydrogen-bond acceptors (Lipinski definition) is 9. The zero-order valence-electron chi connectivity index (χ0n) is 19.1. The fourth-order valence-electron chi connectivity index (χ4n) is 3.91. The molecule has 4 N–H and O–H groups in total. The minimum absolute atomic E-state index is 0.0487. The van der Waals surface area contributed by atoms with Gasteiger partial charge in [0.05, 0.1) is 31.3 Å². The lowest BCUT2D eigenvalue weighted by molar-refractivity contribution is 0.0949. The summed E-state index contributed by atoms with van der Waals surface area (Å²) in [4.78, 5) is 43.3. The number of hydrogen-bond donors (Lipinski definition) is 4. The number of ether oxygens (including phenoxy) is 1. The highest BCUT2D eigenvalue weighted by Gasteiger charge is 2.28. The zero-order valence-corrected chi connectivity index (χ0v) is 19.9. The van der Waals surface area contributed by atoms with E-state index in [9.17, 15) is 14.7 Å². The minimum atomic E-state index is -0.617. The summed E-state index contributed by atoms with van der Waals surface area (Å²) in [6.45, 7) is 0.882. The first-order valence-electron chi connectivity index (χ1n) is 11.1. The molecule has 1 atom stereocenters. The molecule has 3 heterocycles. The number of aromatic amines is 1. The lowest BCUT2D eigenvalue weighted by Gasteiger charge is -2.24. The molecule has 2 aromatic heterocycles. The van der Waals surface area contributed by atoms with E-state index in [1.54, 1.807) is 30.6 Å². The van der Waals surface area contributed by atoms with E-state index >= 15 is 0 Å². The Morgan fingerprint density at radius 2 is 2.11 bits per heavy atom. The van der Waals surface area contributed by atoms with Gasteiger partial charge in [-0.15, -0.1) is 0 Å². The summed E-state index contributed by atoms with van der Waals surface area (Å²) in [5.74, 6) is 0.745. The molecule has 12 heteroatoms. The molecule has 1 fully saturated rings. The third-order valence-electron chi connectivity index (χ3n) is 5.70. The normalized spacial score (nSPS) is 15.2. The van der Waals surface area contributed by atoms with Gasteiger partial charge in [-0.1, -0.05) is 17.7 Å². The number of rotatable bonds is 9. The van der Waals surface area contributed by atoms with Crippen molar-refractivity contribution >= 4 is 29.3 Å². The van der Waals surface area contributed by atoms with Crippen LogP contribution in [0.3, 0.4) is 0 Å². The summed E-state index contributed by atoms with van der Waals surface area (Å²) in [5.41, 5.74) is 0.0438. The summed E-state index contributed by atoms with van der Waals surface area (Å²) >= 11 is 6.23. The van der Waals surface area contributed by atoms with Gasteiger partial charge >= 0.3 is 0 Å². The number of carbonyl (C=O) groups is 1. The second kappa shape index (κ2) is 11.2. The standard InChI is InChI=1S/C23H26ClN7O4/c1-35-17-6-5-14(10-16(17)24)11-27-20-19(21(33)28-12-18-25-7-3-8-26-18)22(34)30-23(29-20)31-9-2-4-15(31)13-32/h3,5-8,10,15,32H,2,4,9,11-13H2,1H3,(H,28,33)(H2,27,29,30,34)/t15-/m0/s1. The van der Waals surface area contributed by atoms with Crippen LogP contribution < -0.4 is 25.8 Å². The van der Waals surface area contributed by atoms with Crippen LogP contribution in [0.1, 0.15) is 34.6 Å². The molecule has 1 aliphatic heterocycles.